The lowest BCUT2D eigenvalue weighted by atomic mass is 10.1. The topological polar surface area (TPSA) is 57.5 Å². The minimum absolute atomic E-state index is 0.0105. The number of aromatic nitrogens is 1. The van der Waals surface area contributed by atoms with Crippen LogP contribution in [0.4, 0.5) is 17.6 Å². The maximum absolute atomic E-state index is 14.4. The van der Waals surface area contributed by atoms with Crippen molar-refractivity contribution in [2.45, 2.75) is 59.4 Å². The second kappa shape index (κ2) is 9.64. The highest BCUT2D eigenvalue weighted by molar-refractivity contribution is 5.87. The Morgan fingerprint density at radius 1 is 1.19 bits per heavy atom. The van der Waals surface area contributed by atoms with Gasteiger partial charge >= 0.3 is 18.1 Å². The summed E-state index contributed by atoms with van der Waals surface area (Å²) in [6, 6.07) is 6.37. The second-order valence-corrected chi connectivity index (χ2v) is 10.4. The van der Waals surface area contributed by atoms with Gasteiger partial charge in [-0.05, 0) is 49.8 Å². The van der Waals surface area contributed by atoms with Gasteiger partial charge in [-0.2, -0.15) is 17.6 Å². The fraction of sp³-hybridized carbons (Fsp3) is 0.481. The first kappa shape index (κ1) is 27.3. The number of fused-ring (bicyclic) bond motifs is 1. The van der Waals surface area contributed by atoms with Crippen molar-refractivity contribution in [1.29, 1.82) is 0 Å². The van der Waals surface area contributed by atoms with Crippen molar-refractivity contribution in [2.24, 2.45) is 17.3 Å². The van der Waals surface area contributed by atoms with Crippen LogP contribution in [0.2, 0.25) is 0 Å². The average Bonchev–Trinajstić information content (AvgIpc) is 3.13. The van der Waals surface area contributed by atoms with E-state index in [-0.39, 0.29) is 25.1 Å². The molecule has 1 fully saturated rings. The molecule has 1 aliphatic rings. The lowest BCUT2D eigenvalue weighted by Gasteiger charge is -2.18. The summed E-state index contributed by atoms with van der Waals surface area (Å²) in [6.45, 7) is 7.69. The smallest absolute Gasteiger partial charge is 0.431 e. The molecule has 2 atom stereocenters. The van der Waals surface area contributed by atoms with Gasteiger partial charge in [-0.15, -0.1) is 6.42 Å². The number of carbonyl (C=O) groups excluding carboxylic acids is 2. The highest BCUT2D eigenvalue weighted by atomic mass is 19.4. The van der Waals surface area contributed by atoms with Gasteiger partial charge in [-0.3, -0.25) is 4.79 Å². The molecule has 1 aromatic carbocycles. The summed E-state index contributed by atoms with van der Waals surface area (Å²) in [5.74, 6) is -1.99. The Labute approximate surface area is 207 Å². The van der Waals surface area contributed by atoms with Gasteiger partial charge in [0.1, 0.15) is 11.3 Å². The number of hydrogen-bond donors (Lipinski definition) is 0. The molecule has 1 aromatic heterocycles. The van der Waals surface area contributed by atoms with E-state index in [1.165, 1.54) is 0 Å². The van der Waals surface area contributed by atoms with E-state index in [9.17, 15) is 27.2 Å². The third-order valence-electron chi connectivity index (χ3n) is 6.27. The molecule has 1 saturated carbocycles. The molecule has 0 N–H and O–H groups in total. The fourth-order valence-corrected chi connectivity index (χ4v) is 4.54. The number of hydrogen-bond acceptors (Lipinski definition) is 4. The average molecular weight is 508 g/mol. The van der Waals surface area contributed by atoms with E-state index in [4.69, 9.17) is 15.9 Å². The molecule has 0 bridgehead atoms. The number of halogens is 4. The van der Waals surface area contributed by atoms with Crippen molar-refractivity contribution in [1.82, 2.24) is 4.57 Å². The molecule has 0 radical (unpaired) electrons. The van der Waals surface area contributed by atoms with Gasteiger partial charge in [-0.1, -0.05) is 38.0 Å². The monoisotopic (exact) mass is 507 g/mol. The summed E-state index contributed by atoms with van der Waals surface area (Å²) in [5, 5.41) is 0.378. The lowest BCUT2D eigenvalue weighted by molar-refractivity contribution is -0.152. The normalized spacial score (nSPS) is 19.6. The van der Waals surface area contributed by atoms with E-state index in [1.54, 1.807) is 58.9 Å². The van der Waals surface area contributed by atoms with E-state index in [1.807, 2.05) is 0 Å². The van der Waals surface area contributed by atoms with Gasteiger partial charge in [0.2, 0.25) is 5.83 Å². The first-order valence-corrected chi connectivity index (χ1v) is 11.5. The van der Waals surface area contributed by atoms with Crippen LogP contribution in [0.15, 0.2) is 36.2 Å². The zero-order valence-corrected chi connectivity index (χ0v) is 20.8. The number of allylic oxidation sites excluding steroid dienone is 1. The molecule has 9 heteroatoms. The quantitative estimate of drug-likeness (QED) is 0.204. The van der Waals surface area contributed by atoms with Crippen LogP contribution >= 0.6 is 0 Å². The molecule has 0 saturated heterocycles. The summed E-state index contributed by atoms with van der Waals surface area (Å²) < 4.78 is 67.6. The SMILES string of the molecule is C#CCn1c(C(F)(F)F)c(CCOC(=O)[C@@H]2[C@H](C=C(F)C(=O)OC(C)(C)C)C2(C)C)c2ccccc21. The predicted octanol–water partition coefficient (Wildman–Crippen LogP) is 5.85. The number of para-hydroxylation sites is 1. The van der Waals surface area contributed by atoms with Crippen molar-refractivity contribution >= 4 is 22.8 Å². The van der Waals surface area contributed by atoms with Crippen molar-refractivity contribution in [2.75, 3.05) is 6.61 Å². The summed E-state index contributed by atoms with van der Waals surface area (Å²) in [5.41, 5.74) is -2.10. The maximum Gasteiger partial charge on any atom is 0.431 e. The predicted molar refractivity (Wildman–Crippen MR) is 126 cm³/mol. The molecule has 1 aliphatic carbocycles. The van der Waals surface area contributed by atoms with E-state index in [0.717, 1.165) is 10.6 Å². The number of nitrogens with zero attached hydrogens (tertiary/aromatic N) is 1. The van der Waals surface area contributed by atoms with Gasteiger partial charge < -0.3 is 14.0 Å². The Hall–Kier alpha value is -3.28. The molecule has 36 heavy (non-hydrogen) atoms. The first-order chi connectivity index (χ1) is 16.6. The molecule has 194 valence electrons. The first-order valence-electron chi connectivity index (χ1n) is 11.5. The zero-order chi connectivity index (χ0) is 27.1. The van der Waals surface area contributed by atoms with E-state index < -0.39 is 52.5 Å². The highest BCUT2D eigenvalue weighted by Gasteiger charge is 2.62. The number of rotatable bonds is 7. The molecule has 0 amide bonds. The summed E-state index contributed by atoms with van der Waals surface area (Å²) in [7, 11) is 0. The molecule has 0 aliphatic heterocycles. The summed E-state index contributed by atoms with van der Waals surface area (Å²) in [4.78, 5) is 24.6. The number of esters is 2. The number of benzene rings is 1. The highest BCUT2D eigenvalue weighted by Crippen LogP contribution is 2.60. The Bertz CT molecular complexity index is 1240. The summed E-state index contributed by atoms with van der Waals surface area (Å²) >= 11 is 0. The van der Waals surface area contributed by atoms with E-state index >= 15 is 0 Å². The van der Waals surface area contributed by atoms with Crippen molar-refractivity contribution in [3.8, 4) is 12.3 Å². The van der Waals surface area contributed by atoms with Crippen molar-refractivity contribution in [3.63, 3.8) is 0 Å². The summed E-state index contributed by atoms with van der Waals surface area (Å²) in [6.07, 6.45) is 1.51. The van der Waals surface area contributed by atoms with Gasteiger partial charge in [0.25, 0.3) is 0 Å². The zero-order valence-electron chi connectivity index (χ0n) is 20.8. The molecule has 2 aromatic rings. The van der Waals surface area contributed by atoms with Crippen molar-refractivity contribution in [3.05, 3.63) is 47.4 Å². The Kier molecular flexibility index (Phi) is 7.31. The lowest BCUT2D eigenvalue weighted by Crippen LogP contribution is -2.24. The van der Waals surface area contributed by atoms with Crippen LogP contribution < -0.4 is 0 Å². The minimum Gasteiger partial charge on any atom is -0.465 e. The molecular weight excluding hydrogens is 478 g/mol. The van der Waals surface area contributed by atoms with Crippen LogP contribution in [0.5, 0.6) is 0 Å². The third-order valence-corrected chi connectivity index (χ3v) is 6.27. The molecule has 1 heterocycles. The Morgan fingerprint density at radius 3 is 2.42 bits per heavy atom. The van der Waals surface area contributed by atoms with Gasteiger partial charge in [0.15, 0.2) is 0 Å². The molecule has 0 spiro atoms. The fourth-order valence-electron chi connectivity index (χ4n) is 4.54. The van der Waals surface area contributed by atoms with Crippen LogP contribution in [-0.4, -0.2) is 28.7 Å². The van der Waals surface area contributed by atoms with Crippen molar-refractivity contribution < 1.29 is 36.6 Å². The van der Waals surface area contributed by atoms with Crippen LogP contribution in [0.3, 0.4) is 0 Å². The minimum atomic E-state index is -4.66. The largest absolute Gasteiger partial charge is 0.465 e. The number of carbonyl (C=O) groups is 2. The molecule has 3 rings (SSSR count). The van der Waals surface area contributed by atoms with Crippen LogP contribution in [-0.2, 0) is 38.2 Å². The van der Waals surface area contributed by atoms with E-state index in [2.05, 4.69) is 5.92 Å². The van der Waals surface area contributed by atoms with Gasteiger partial charge in [0.05, 0.1) is 19.1 Å². The molecular formula is C27H29F4NO4. The van der Waals surface area contributed by atoms with Gasteiger partial charge in [-0.25, -0.2) is 4.79 Å². The number of terminal acetylenes is 1. The second-order valence-electron chi connectivity index (χ2n) is 10.4. The Morgan fingerprint density at radius 2 is 1.83 bits per heavy atom. The van der Waals surface area contributed by atoms with Gasteiger partial charge in [0, 0.05) is 17.3 Å². The van der Waals surface area contributed by atoms with Crippen LogP contribution in [0.25, 0.3) is 10.9 Å². The third kappa shape index (κ3) is 5.58. The van der Waals surface area contributed by atoms with E-state index in [0.29, 0.717) is 10.9 Å². The molecule has 0 unspecified atom stereocenters. The Balaban J connectivity index is 1.75. The number of alkyl halides is 3. The maximum atomic E-state index is 14.4. The number of ether oxygens (including phenoxy) is 2. The standard InChI is InChI=1S/C27H29F4NO4/c1-7-13-32-20-11-9-8-10-16(20)17(22(32)27(29,30)31)12-14-35-24(34)21-18(26(21,5)6)15-19(28)23(33)36-25(2,3)4/h1,8-11,15,18,21H,12-14H2,2-6H3/t18-,21-/m0/s1. The van der Waals surface area contributed by atoms with Crippen LogP contribution in [0, 0.1) is 29.6 Å². The molecule has 5 nitrogen and oxygen atoms in total. The van der Waals surface area contributed by atoms with Crippen LogP contribution in [0.1, 0.15) is 45.9 Å².